The summed E-state index contributed by atoms with van der Waals surface area (Å²) < 4.78 is 6.54. The molecule has 1 heterocycles. The van der Waals surface area contributed by atoms with Gasteiger partial charge in [0.05, 0.1) is 5.56 Å². The maximum absolute atomic E-state index is 11.8. The van der Waals surface area contributed by atoms with E-state index in [1.807, 2.05) is 31.2 Å². The monoisotopic (exact) mass is 257 g/mol. The van der Waals surface area contributed by atoms with Gasteiger partial charge in [0.15, 0.2) is 0 Å². The number of nitrogens with zero attached hydrogens (tertiary/aromatic N) is 1. The maximum Gasteiger partial charge on any atom is 0.339 e. The van der Waals surface area contributed by atoms with Gasteiger partial charge < -0.3 is 9.30 Å². The van der Waals surface area contributed by atoms with Crippen LogP contribution in [0.1, 0.15) is 21.5 Å². The quantitative estimate of drug-likeness (QED) is 0.791. The summed E-state index contributed by atoms with van der Waals surface area (Å²) in [6.07, 6.45) is 1.47. The van der Waals surface area contributed by atoms with Crippen molar-refractivity contribution < 1.29 is 9.53 Å². The largest absolute Gasteiger partial charge is 0.457 e. The highest BCUT2D eigenvalue weighted by Gasteiger charge is 2.08. The number of hydrogen-bond acceptors (Lipinski definition) is 3. The standard InChI is InChI=1S/C15H15NO3/c1-11-3-5-12(6-4-11)10-19-15(18)13-7-8-14(17)16(2)9-13/h3-9H,10H2,1-2H3. The van der Waals surface area contributed by atoms with E-state index in [1.54, 1.807) is 7.05 Å². The van der Waals surface area contributed by atoms with E-state index in [0.717, 1.165) is 11.1 Å². The molecule has 0 aliphatic rings. The van der Waals surface area contributed by atoms with E-state index in [1.165, 1.54) is 22.9 Å². The van der Waals surface area contributed by atoms with Crippen LogP contribution in [0.2, 0.25) is 0 Å². The van der Waals surface area contributed by atoms with Crippen LogP contribution in [-0.2, 0) is 18.4 Å². The number of carbonyl (C=O) groups is 1. The Morgan fingerprint density at radius 3 is 2.47 bits per heavy atom. The molecule has 0 fully saturated rings. The fraction of sp³-hybridized carbons (Fsp3) is 0.200. The Morgan fingerprint density at radius 1 is 1.16 bits per heavy atom. The van der Waals surface area contributed by atoms with Crippen LogP contribution in [0.15, 0.2) is 47.4 Å². The number of hydrogen-bond donors (Lipinski definition) is 0. The summed E-state index contributed by atoms with van der Waals surface area (Å²) in [5.41, 5.74) is 2.31. The number of pyridine rings is 1. The van der Waals surface area contributed by atoms with Gasteiger partial charge in [0.25, 0.3) is 0 Å². The average Bonchev–Trinajstić information content (AvgIpc) is 2.41. The molecule has 0 N–H and O–H groups in total. The number of aryl methyl sites for hydroxylation is 2. The zero-order valence-corrected chi connectivity index (χ0v) is 10.9. The minimum Gasteiger partial charge on any atom is -0.457 e. The topological polar surface area (TPSA) is 48.3 Å². The second kappa shape index (κ2) is 5.52. The molecule has 0 amide bonds. The number of benzene rings is 1. The average molecular weight is 257 g/mol. The SMILES string of the molecule is Cc1ccc(COC(=O)c2ccc(=O)n(C)c2)cc1. The molecule has 0 saturated carbocycles. The molecule has 98 valence electrons. The van der Waals surface area contributed by atoms with Gasteiger partial charge in [-0.1, -0.05) is 29.8 Å². The van der Waals surface area contributed by atoms with Crippen molar-refractivity contribution in [1.29, 1.82) is 0 Å². The summed E-state index contributed by atoms with van der Waals surface area (Å²) in [6, 6.07) is 10.6. The van der Waals surface area contributed by atoms with Crippen LogP contribution in [0.25, 0.3) is 0 Å². The lowest BCUT2D eigenvalue weighted by molar-refractivity contribution is 0.0471. The molecule has 2 aromatic rings. The van der Waals surface area contributed by atoms with Crippen molar-refractivity contribution in [2.45, 2.75) is 13.5 Å². The molecule has 0 unspecified atom stereocenters. The molecule has 1 aromatic heterocycles. The third kappa shape index (κ3) is 3.31. The van der Waals surface area contributed by atoms with Crippen molar-refractivity contribution in [1.82, 2.24) is 4.57 Å². The first-order chi connectivity index (χ1) is 9.06. The highest BCUT2D eigenvalue weighted by Crippen LogP contribution is 2.06. The van der Waals surface area contributed by atoms with E-state index in [0.29, 0.717) is 5.56 Å². The van der Waals surface area contributed by atoms with Crippen molar-refractivity contribution in [2.24, 2.45) is 7.05 Å². The van der Waals surface area contributed by atoms with Crippen LogP contribution >= 0.6 is 0 Å². The van der Waals surface area contributed by atoms with Crippen LogP contribution < -0.4 is 5.56 Å². The predicted molar refractivity (Wildman–Crippen MR) is 72.0 cm³/mol. The molecule has 19 heavy (non-hydrogen) atoms. The number of aromatic nitrogens is 1. The lowest BCUT2D eigenvalue weighted by atomic mass is 10.2. The van der Waals surface area contributed by atoms with Gasteiger partial charge in [0.1, 0.15) is 6.61 Å². The molecule has 0 radical (unpaired) electrons. The minimum atomic E-state index is -0.434. The molecule has 0 bridgehead atoms. The van der Waals surface area contributed by atoms with Gasteiger partial charge in [-0.15, -0.1) is 0 Å². The summed E-state index contributed by atoms with van der Waals surface area (Å²) >= 11 is 0. The highest BCUT2D eigenvalue weighted by molar-refractivity contribution is 5.88. The van der Waals surface area contributed by atoms with E-state index in [-0.39, 0.29) is 12.2 Å². The van der Waals surface area contributed by atoms with Gasteiger partial charge in [0, 0.05) is 19.3 Å². The first-order valence-corrected chi connectivity index (χ1v) is 5.95. The van der Waals surface area contributed by atoms with Crippen molar-refractivity contribution in [3.8, 4) is 0 Å². The Bertz CT molecular complexity index is 641. The molecule has 0 spiro atoms. The van der Waals surface area contributed by atoms with E-state index in [2.05, 4.69) is 0 Å². The van der Waals surface area contributed by atoms with Gasteiger partial charge in [-0.2, -0.15) is 0 Å². The number of esters is 1. The maximum atomic E-state index is 11.8. The lowest BCUT2D eigenvalue weighted by Gasteiger charge is -2.06. The van der Waals surface area contributed by atoms with Gasteiger partial charge in [-0.05, 0) is 18.6 Å². The smallest absolute Gasteiger partial charge is 0.339 e. The lowest BCUT2D eigenvalue weighted by Crippen LogP contribution is -2.17. The van der Waals surface area contributed by atoms with Crippen molar-refractivity contribution in [3.63, 3.8) is 0 Å². The van der Waals surface area contributed by atoms with E-state index < -0.39 is 5.97 Å². The summed E-state index contributed by atoms with van der Waals surface area (Å²) in [6.45, 7) is 2.22. The molecular formula is C15H15NO3. The Balaban J connectivity index is 2.03. The van der Waals surface area contributed by atoms with Crippen LogP contribution in [0.5, 0.6) is 0 Å². The van der Waals surface area contributed by atoms with Gasteiger partial charge in [-0.25, -0.2) is 4.79 Å². The fourth-order valence-corrected chi connectivity index (χ4v) is 1.63. The summed E-state index contributed by atoms with van der Waals surface area (Å²) in [5, 5.41) is 0. The molecule has 0 aliphatic carbocycles. The number of rotatable bonds is 3. The van der Waals surface area contributed by atoms with Crippen LogP contribution in [0.4, 0.5) is 0 Å². The zero-order valence-electron chi connectivity index (χ0n) is 10.9. The number of ether oxygens (including phenoxy) is 1. The van der Waals surface area contributed by atoms with Crippen molar-refractivity contribution >= 4 is 5.97 Å². The van der Waals surface area contributed by atoms with E-state index >= 15 is 0 Å². The summed E-state index contributed by atoms with van der Waals surface area (Å²) in [4.78, 5) is 23.0. The molecule has 1 aromatic carbocycles. The van der Waals surface area contributed by atoms with Crippen LogP contribution in [-0.4, -0.2) is 10.5 Å². The van der Waals surface area contributed by atoms with Crippen molar-refractivity contribution in [3.05, 3.63) is 69.6 Å². The summed E-state index contributed by atoms with van der Waals surface area (Å²) in [7, 11) is 1.60. The third-order valence-corrected chi connectivity index (χ3v) is 2.81. The van der Waals surface area contributed by atoms with E-state index in [9.17, 15) is 9.59 Å². The second-order valence-electron chi connectivity index (χ2n) is 4.43. The second-order valence-corrected chi connectivity index (χ2v) is 4.43. The molecule has 4 nitrogen and oxygen atoms in total. The molecule has 0 aliphatic heterocycles. The van der Waals surface area contributed by atoms with Crippen LogP contribution in [0.3, 0.4) is 0 Å². The molecule has 0 atom stereocenters. The normalized spacial score (nSPS) is 10.2. The summed E-state index contributed by atoms with van der Waals surface area (Å²) in [5.74, 6) is -0.434. The minimum absolute atomic E-state index is 0.157. The molecule has 4 heteroatoms. The van der Waals surface area contributed by atoms with E-state index in [4.69, 9.17) is 4.74 Å². The van der Waals surface area contributed by atoms with Gasteiger partial charge >= 0.3 is 5.97 Å². The molecular weight excluding hydrogens is 242 g/mol. The highest BCUT2D eigenvalue weighted by atomic mass is 16.5. The fourth-order valence-electron chi connectivity index (χ4n) is 1.63. The Kier molecular flexibility index (Phi) is 3.80. The van der Waals surface area contributed by atoms with Gasteiger partial charge in [0.2, 0.25) is 5.56 Å². The Hall–Kier alpha value is -2.36. The van der Waals surface area contributed by atoms with Gasteiger partial charge in [-0.3, -0.25) is 4.79 Å². The third-order valence-electron chi connectivity index (χ3n) is 2.81. The first kappa shape index (κ1) is 13.1. The first-order valence-electron chi connectivity index (χ1n) is 5.95. The molecule has 2 rings (SSSR count). The molecule has 0 saturated heterocycles. The van der Waals surface area contributed by atoms with Crippen molar-refractivity contribution in [2.75, 3.05) is 0 Å². The predicted octanol–water partition coefficient (Wildman–Crippen LogP) is 2.05. The van der Waals surface area contributed by atoms with Crippen LogP contribution in [0, 0.1) is 6.92 Å². The number of carbonyl (C=O) groups excluding carboxylic acids is 1. The Morgan fingerprint density at radius 2 is 1.84 bits per heavy atom. The zero-order chi connectivity index (χ0) is 13.8. The Labute approximate surface area is 111 Å².